The fraction of sp³-hybridized carbons (Fsp3) is 0.250. The van der Waals surface area contributed by atoms with Crippen molar-refractivity contribution in [1.29, 1.82) is 0 Å². The number of amides is 1. The van der Waals surface area contributed by atoms with Gasteiger partial charge in [0.25, 0.3) is 0 Å². The molecule has 110 valence electrons. The molecule has 0 aromatic heterocycles. The highest BCUT2D eigenvalue weighted by Gasteiger charge is 2.08. The Bertz CT molecular complexity index is 666. The number of carboxylic acids is 1. The van der Waals surface area contributed by atoms with Crippen molar-refractivity contribution in [2.24, 2.45) is 0 Å². The second-order valence-electron chi connectivity index (χ2n) is 4.83. The molecule has 0 heterocycles. The Morgan fingerprint density at radius 3 is 2.38 bits per heavy atom. The number of unbranched alkanes of at least 4 members (excludes halogenated alkanes) is 1. The van der Waals surface area contributed by atoms with Gasteiger partial charge in [0.1, 0.15) is 5.75 Å². The van der Waals surface area contributed by atoms with E-state index in [4.69, 9.17) is 5.11 Å². The number of fused-ring (bicyclic) bond motifs is 1. The molecule has 0 spiro atoms. The van der Waals surface area contributed by atoms with Crippen LogP contribution in [0.4, 0.5) is 5.69 Å². The largest absolute Gasteiger partial charge is 0.507 e. The molecule has 2 rings (SSSR count). The van der Waals surface area contributed by atoms with E-state index in [9.17, 15) is 14.7 Å². The molecule has 0 aliphatic carbocycles. The van der Waals surface area contributed by atoms with Crippen molar-refractivity contribution in [2.45, 2.75) is 25.7 Å². The number of phenolic OH excluding ortho intramolecular Hbond substituents is 1. The molecule has 0 aliphatic rings. The minimum atomic E-state index is -0.847. The van der Waals surface area contributed by atoms with Crippen molar-refractivity contribution in [3.63, 3.8) is 0 Å². The van der Waals surface area contributed by atoms with Gasteiger partial charge in [-0.05, 0) is 25.0 Å². The van der Waals surface area contributed by atoms with Crippen LogP contribution >= 0.6 is 0 Å². The van der Waals surface area contributed by atoms with E-state index in [1.165, 1.54) is 0 Å². The first kappa shape index (κ1) is 14.8. The van der Waals surface area contributed by atoms with Crippen LogP contribution in [0.3, 0.4) is 0 Å². The van der Waals surface area contributed by atoms with E-state index in [1.54, 1.807) is 30.3 Å². The third-order valence-electron chi connectivity index (χ3n) is 3.22. The minimum Gasteiger partial charge on any atom is -0.507 e. The van der Waals surface area contributed by atoms with Crippen molar-refractivity contribution >= 4 is 28.3 Å². The summed E-state index contributed by atoms with van der Waals surface area (Å²) in [7, 11) is 0. The first-order chi connectivity index (χ1) is 10.1. The maximum absolute atomic E-state index is 11.9. The number of hydrogen-bond acceptors (Lipinski definition) is 3. The van der Waals surface area contributed by atoms with Crippen LogP contribution in [0, 0.1) is 0 Å². The van der Waals surface area contributed by atoms with E-state index in [-0.39, 0.29) is 24.5 Å². The molecule has 0 bridgehead atoms. The van der Waals surface area contributed by atoms with Gasteiger partial charge in [-0.25, -0.2) is 0 Å². The summed E-state index contributed by atoms with van der Waals surface area (Å²) >= 11 is 0. The van der Waals surface area contributed by atoms with E-state index in [0.29, 0.717) is 23.9 Å². The standard InChI is InChI=1S/C16H17NO4/c18-14-8-4-5-11-12(14)6-3-7-13(11)17-15(19)9-1-2-10-16(20)21/h3-8,18H,1-2,9-10H2,(H,17,19)(H,20,21). The highest BCUT2D eigenvalue weighted by atomic mass is 16.4. The highest BCUT2D eigenvalue weighted by Crippen LogP contribution is 2.29. The molecule has 0 atom stereocenters. The average Bonchev–Trinajstić information content (AvgIpc) is 2.45. The van der Waals surface area contributed by atoms with Crippen molar-refractivity contribution in [2.75, 3.05) is 5.32 Å². The third-order valence-corrected chi connectivity index (χ3v) is 3.22. The number of carboxylic acid groups (broad SMARTS) is 1. The second-order valence-corrected chi connectivity index (χ2v) is 4.83. The van der Waals surface area contributed by atoms with E-state index < -0.39 is 5.97 Å². The molecule has 0 aliphatic heterocycles. The van der Waals surface area contributed by atoms with Gasteiger partial charge in [-0.15, -0.1) is 0 Å². The molecule has 0 radical (unpaired) electrons. The molecular formula is C16H17NO4. The quantitative estimate of drug-likeness (QED) is 0.712. The fourth-order valence-electron chi connectivity index (χ4n) is 2.18. The predicted molar refractivity (Wildman–Crippen MR) is 80.3 cm³/mol. The van der Waals surface area contributed by atoms with Gasteiger partial charge in [0, 0.05) is 29.3 Å². The topological polar surface area (TPSA) is 86.6 Å². The van der Waals surface area contributed by atoms with Crippen LogP contribution in [0.25, 0.3) is 10.8 Å². The number of aliphatic carboxylic acids is 1. The highest BCUT2D eigenvalue weighted by molar-refractivity contribution is 6.03. The number of hydrogen-bond donors (Lipinski definition) is 3. The smallest absolute Gasteiger partial charge is 0.303 e. The number of carbonyl (C=O) groups is 2. The Morgan fingerprint density at radius 2 is 1.62 bits per heavy atom. The normalized spacial score (nSPS) is 10.5. The first-order valence-electron chi connectivity index (χ1n) is 6.80. The maximum Gasteiger partial charge on any atom is 0.303 e. The van der Waals surface area contributed by atoms with E-state index in [0.717, 1.165) is 5.39 Å². The van der Waals surface area contributed by atoms with Crippen LogP contribution in [-0.2, 0) is 9.59 Å². The Balaban J connectivity index is 2.01. The van der Waals surface area contributed by atoms with Crippen LogP contribution in [0.15, 0.2) is 36.4 Å². The predicted octanol–water partition coefficient (Wildman–Crippen LogP) is 3.13. The number of rotatable bonds is 6. The Kier molecular flexibility index (Phi) is 4.77. The van der Waals surface area contributed by atoms with Crippen molar-refractivity contribution < 1.29 is 19.8 Å². The van der Waals surface area contributed by atoms with Gasteiger partial charge >= 0.3 is 5.97 Å². The molecule has 0 saturated carbocycles. The van der Waals surface area contributed by atoms with E-state index in [2.05, 4.69) is 5.32 Å². The molecule has 21 heavy (non-hydrogen) atoms. The molecule has 2 aromatic rings. The van der Waals surface area contributed by atoms with Gasteiger partial charge < -0.3 is 15.5 Å². The van der Waals surface area contributed by atoms with Gasteiger partial charge in [0.05, 0.1) is 0 Å². The van der Waals surface area contributed by atoms with Crippen molar-refractivity contribution in [3.05, 3.63) is 36.4 Å². The summed E-state index contributed by atoms with van der Waals surface area (Å²) in [5.41, 5.74) is 0.645. The molecule has 5 nitrogen and oxygen atoms in total. The second kappa shape index (κ2) is 6.74. The minimum absolute atomic E-state index is 0.0788. The summed E-state index contributed by atoms with van der Waals surface area (Å²) in [5.74, 6) is -0.832. The molecular weight excluding hydrogens is 270 g/mol. The number of carbonyl (C=O) groups excluding carboxylic acids is 1. The SMILES string of the molecule is O=C(O)CCCCC(=O)Nc1cccc2c(O)cccc12. The zero-order valence-electron chi connectivity index (χ0n) is 11.5. The summed E-state index contributed by atoms with van der Waals surface area (Å²) in [6.07, 6.45) is 1.38. The lowest BCUT2D eigenvalue weighted by molar-refractivity contribution is -0.137. The van der Waals surface area contributed by atoms with Gasteiger partial charge in [-0.1, -0.05) is 24.3 Å². The van der Waals surface area contributed by atoms with E-state index >= 15 is 0 Å². The number of aromatic hydroxyl groups is 1. The van der Waals surface area contributed by atoms with Crippen LogP contribution in [0.2, 0.25) is 0 Å². The molecule has 0 saturated heterocycles. The summed E-state index contributed by atoms with van der Waals surface area (Å²) in [5, 5.41) is 22.6. The van der Waals surface area contributed by atoms with Crippen LogP contribution in [-0.4, -0.2) is 22.1 Å². The lowest BCUT2D eigenvalue weighted by Crippen LogP contribution is -2.11. The number of anilines is 1. The summed E-state index contributed by atoms with van der Waals surface area (Å²) in [6.45, 7) is 0. The molecule has 0 unspecified atom stereocenters. The van der Waals surface area contributed by atoms with Crippen LogP contribution in [0.1, 0.15) is 25.7 Å². The average molecular weight is 287 g/mol. The fourth-order valence-corrected chi connectivity index (χ4v) is 2.18. The monoisotopic (exact) mass is 287 g/mol. The van der Waals surface area contributed by atoms with Gasteiger partial charge in [-0.3, -0.25) is 9.59 Å². The first-order valence-corrected chi connectivity index (χ1v) is 6.80. The zero-order chi connectivity index (χ0) is 15.2. The lowest BCUT2D eigenvalue weighted by Gasteiger charge is -2.09. The molecule has 0 fully saturated rings. The number of nitrogens with one attached hydrogen (secondary N) is 1. The molecule has 3 N–H and O–H groups in total. The van der Waals surface area contributed by atoms with Crippen LogP contribution in [0.5, 0.6) is 5.75 Å². The van der Waals surface area contributed by atoms with E-state index in [1.807, 2.05) is 6.07 Å². The maximum atomic E-state index is 11.9. The Hall–Kier alpha value is -2.56. The van der Waals surface area contributed by atoms with Crippen molar-refractivity contribution in [1.82, 2.24) is 0 Å². The molecule has 2 aromatic carbocycles. The zero-order valence-corrected chi connectivity index (χ0v) is 11.5. The summed E-state index contributed by atoms with van der Waals surface area (Å²) in [6, 6.07) is 10.5. The van der Waals surface area contributed by atoms with Gasteiger partial charge in [-0.2, -0.15) is 0 Å². The van der Waals surface area contributed by atoms with Crippen molar-refractivity contribution in [3.8, 4) is 5.75 Å². The summed E-state index contributed by atoms with van der Waals surface area (Å²) in [4.78, 5) is 22.3. The van der Waals surface area contributed by atoms with Gasteiger partial charge in [0.15, 0.2) is 0 Å². The summed E-state index contributed by atoms with van der Waals surface area (Å²) < 4.78 is 0. The Labute approximate surface area is 122 Å². The van der Waals surface area contributed by atoms with Gasteiger partial charge in [0.2, 0.25) is 5.91 Å². The number of phenols is 1. The number of benzene rings is 2. The molecule has 1 amide bonds. The Morgan fingerprint density at radius 1 is 0.952 bits per heavy atom. The molecule has 5 heteroatoms. The third kappa shape index (κ3) is 3.95. The van der Waals surface area contributed by atoms with Crippen LogP contribution < -0.4 is 5.32 Å². The lowest BCUT2D eigenvalue weighted by atomic mass is 10.1.